The molecule has 0 aromatic carbocycles. The van der Waals surface area contributed by atoms with E-state index >= 15 is 0 Å². The SMILES string of the molecule is CCCCCCCCCCN(CCCCCCCCC)CCCN1CCN(CCCN(CCCCCCCCCC)CC[n+]2cc[nH]c2)CC1. The second-order valence-corrected chi connectivity index (χ2v) is 16.0. The van der Waals surface area contributed by atoms with Crippen molar-refractivity contribution >= 4 is 0 Å². The molecule has 1 aromatic heterocycles. The van der Waals surface area contributed by atoms with Crippen molar-refractivity contribution in [3.8, 4) is 0 Å². The standard InChI is InChI=1S/C44H88N6/c1-4-7-10-13-16-19-22-25-31-46(30-24-21-18-15-12-9-6-3)33-27-35-48-38-40-49(41-39-48)36-28-34-47(42-43-50-37-29-45-44-50)32-26-23-20-17-14-11-8-5-2/h29,37,44H,4-28,30-36,38-43H2,1-3H3/p+1. The summed E-state index contributed by atoms with van der Waals surface area (Å²) in [6.45, 7) is 23.3. The molecule has 0 bridgehead atoms. The number of rotatable bonds is 37. The van der Waals surface area contributed by atoms with Gasteiger partial charge in [-0.1, -0.05) is 149 Å². The van der Waals surface area contributed by atoms with E-state index in [9.17, 15) is 0 Å². The predicted octanol–water partition coefficient (Wildman–Crippen LogP) is 10.3. The van der Waals surface area contributed by atoms with Crippen molar-refractivity contribution in [3.63, 3.8) is 0 Å². The summed E-state index contributed by atoms with van der Waals surface area (Å²) < 4.78 is 2.30. The zero-order chi connectivity index (χ0) is 35.6. The minimum atomic E-state index is 1.09. The third-order valence-corrected chi connectivity index (χ3v) is 11.4. The van der Waals surface area contributed by atoms with Gasteiger partial charge in [-0.15, -0.1) is 0 Å². The van der Waals surface area contributed by atoms with E-state index in [0.717, 1.165) is 6.54 Å². The van der Waals surface area contributed by atoms with Gasteiger partial charge in [0.2, 0.25) is 6.33 Å². The fourth-order valence-electron chi connectivity index (χ4n) is 7.89. The maximum Gasteiger partial charge on any atom is 0.241 e. The summed E-state index contributed by atoms with van der Waals surface area (Å²) >= 11 is 0. The Morgan fingerprint density at radius 3 is 1.14 bits per heavy atom. The first-order valence-corrected chi connectivity index (χ1v) is 22.7. The summed E-state index contributed by atoms with van der Waals surface area (Å²) in [6.07, 6.45) is 41.6. The molecule has 50 heavy (non-hydrogen) atoms. The van der Waals surface area contributed by atoms with E-state index in [1.165, 1.54) is 239 Å². The lowest BCUT2D eigenvalue weighted by molar-refractivity contribution is -0.695. The molecule has 0 radical (unpaired) electrons. The second-order valence-electron chi connectivity index (χ2n) is 16.0. The van der Waals surface area contributed by atoms with Crippen molar-refractivity contribution < 1.29 is 4.57 Å². The number of H-pyrrole nitrogens is 1. The van der Waals surface area contributed by atoms with Crippen molar-refractivity contribution in [2.75, 3.05) is 78.5 Å². The third kappa shape index (κ3) is 25.9. The number of aromatic amines is 1. The molecule has 1 N–H and O–H groups in total. The Balaban J connectivity index is 1.61. The van der Waals surface area contributed by atoms with Crippen LogP contribution in [0.15, 0.2) is 18.7 Å². The van der Waals surface area contributed by atoms with Crippen LogP contribution in [0.2, 0.25) is 0 Å². The lowest BCUT2D eigenvalue weighted by Crippen LogP contribution is -2.47. The van der Waals surface area contributed by atoms with Crippen LogP contribution in [0.1, 0.15) is 181 Å². The van der Waals surface area contributed by atoms with Crippen LogP contribution >= 0.6 is 0 Å². The van der Waals surface area contributed by atoms with Gasteiger partial charge in [-0.25, -0.2) is 4.57 Å². The molecule has 1 aliphatic heterocycles. The first kappa shape index (κ1) is 45.2. The van der Waals surface area contributed by atoms with Gasteiger partial charge in [0.25, 0.3) is 0 Å². The maximum absolute atomic E-state index is 3.21. The average Bonchev–Trinajstić information content (AvgIpc) is 3.66. The highest BCUT2D eigenvalue weighted by molar-refractivity contribution is 4.73. The van der Waals surface area contributed by atoms with Crippen molar-refractivity contribution in [1.82, 2.24) is 24.6 Å². The summed E-state index contributed by atoms with van der Waals surface area (Å²) in [6, 6.07) is 0. The van der Waals surface area contributed by atoms with Gasteiger partial charge in [-0.05, 0) is 77.9 Å². The van der Waals surface area contributed by atoms with Crippen LogP contribution in [0.4, 0.5) is 0 Å². The highest BCUT2D eigenvalue weighted by Gasteiger charge is 2.17. The second kappa shape index (κ2) is 33.9. The topological polar surface area (TPSA) is 32.6 Å². The molecule has 1 saturated heterocycles. The van der Waals surface area contributed by atoms with Crippen LogP contribution in [-0.2, 0) is 6.54 Å². The Hall–Kier alpha value is -0.950. The zero-order valence-electron chi connectivity index (χ0n) is 34.3. The normalized spacial score (nSPS) is 14.5. The van der Waals surface area contributed by atoms with Gasteiger partial charge in [0, 0.05) is 32.7 Å². The van der Waals surface area contributed by atoms with E-state index in [1.54, 1.807) is 0 Å². The van der Waals surface area contributed by atoms with Crippen LogP contribution in [0.3, 0.4) is 0 Å². The van der Waals surface area contributed by atoms with Crippen LogP contribution in [-0.4, -0.2) is 103 Å². The monoisotopic (exact) mass is 702 g/mol. The molecule has 0 unspecified atom stereocenters. The van der Waals surface area contributed by atoms with Crippen LogP contribution in [0.25, 0.3) is 0 Å². The number of nitrogens with zero attached hydrogens (tertiary/aromatic N) is 5. The Labute approximate surface area is 313 Å². The molecule has 0 amide bonds. The highest BCUT2D eigenvalue weighted by atomic mass is 15.3. The molecule has 1 aromatic rings. The highest BCUT2D eigenvalue weighted by Crippen LogP contribution is 2.13. The van der Waals surface area contributed by atoms with Crippen LogP contribution < -0.4 is 4.57 Å². The first-order valence-electron chi connectivity index (χ1n) is 22.7. The van der Waals surface area contributed by atoms with E-state index in [1.807, 2.05) is 6.20 Å². The maximum atomic E-state index is 3.21. The van der Waals surface area contributed by atoms with Crippen molar-refractivity contribution in [3.05, 3.63) is 18.7 Å². The molecular formula is C44H89N6+. The zero-order valence-corrected chi connectivity index (χ0v) is 34.3. The molecule has 1 aliphatic rings. The lowest BCUT2D eigenvalue weighted by atomic mass is 10.1. The quantitative estimate of drug-likeness (QED) is 0.0553. The molecule has 294 valence electrons. The minimum absolute atomic E-state index is 1.09. The summed E-state index contributed by atoms with van der Waals surface area (Å²) in [4.78, 5) is 14.3. The number of unbranched alkanes of at least 4 members (excludes halogenated alkanes) is 20. The molecule has 1 fully saturated rings. The molecule has 2 rings (SSSR count). The summed E-state index contributed by atoms with van der Waals surface area (Å²) in [5.74, 6) is 0. The molecule has 2 heterocycles. The Kier molecular flexibility index (Phi) is 30.6. The minimum Gasteiger partial charge on any atom is -0.303 e. The number of aromatic nitrogens is 2. The number of piperazine rings is 1. The molecule has 6 nitrogen and oxygen atoms in total. The first-order chi connectivity index (χ1) is 24.7. The van der Waals surface area contributed by atoms with Gasteiger partial charge in [-0.3, -0.25) is 9.88 Å². The Morgan fingerprint density at radius 1 is 0.440 bits per heavy atom. The van der Waals surface area contributed by atoms with Gasteiger partial charge < -0.3 is 14.7 Å². The lowest BCUT2D eigenvalue weighted by Gasteiger charge is -2.35. The van der Waals surface area contributed by atoms with Gasteiger partial charge in [-0.2, -0.15) is 0 Å². The molecular weight excluding hydrogens is 613 g/mol. The van der Waals surface area contributed by atoms with Crippen molar-refractivity contribution in [1.29, 1.82) is 0 Å². The van der Waals surface area contributed by atoms with E-state index < -0.39 is 0 Å². The van der Waals surface area contributed by atoms with Gasteiger partial charge in [0.1, 0.15) is 18.9 Å². The van der Waals surface area contributed by atoms with E-state index in [0.29, 0.717) is 0 Å². The van der Waals surface area contributed by atoms with E-state index in [-0.39, 0.29) is 0 Å². The summed E-state index contributed by atoms with van der Waals surface area (Å²) in [5.41, 5.74) is 0. The summed E-state index contributed by atoms with van der Waals surface area (Å²) in [7, 11) is 0. The predicted molar refractivity (Wildman–Crippen MR) is 219 cm³/mol. The van der Waals surface area contributed by atoms with Crippen molar-refractivity contribution in [2.45, 2.75) is 188 Å². The van der Waals surface area contributed by atoms with Crippen LogP contribution in [0, 0.1) is 0 Å². The summed E-state index contributed by atoms with van der Waals surface area (Å²) in [5, 5.41) is 0. The Bertz CT molecular complexity index is 792. The molecule has 0 saturated carbocycles. The number of hydrogen-bond acceptors (Lipinski definition) is 4. The Morgan fingerprint density at radius 2 is 0.780 bits per heavy atom. The van der Waals surface area contributed by atoms with Crippen LogP contribution in [0.5, 0.6) is 0 Å². The fourth-order valence-corrected chi connectivity index (χ4v) is 7.89. The van der Waals surface area contributed by atoms with Crippen molar-refractivity contribution in [2.24, 2.45) is 0 Å². The molecule has 0 atom stereocenters. The van der Waals surface area contributed by atoms with Gasteiger partial charge >= 0.3 is 0 Å². The van der Waals surface area contributed by atoms with E-state index in [4.69, 9.17) is 0 Å². The number of hydrogen-bond donors (Lipinski definition) is 1. The van der Waals surface area contributed by atoms with Gasteiger partial charge in [0.15, 0.2) is 0 Å². The number of imidazole rings is 1. The molecule has 6 heteroatoms. The molecule has 0 spiro atoms. The smallest absolute Gasteiger partial charge is 0.241 e. The fraction of sp³-hybridized carbons (Fsp3) is 0.932. The average molecular weight is 702 g/mol. The van der Waals surface area contributed by atoms with Gasteiger partial charge in [0.05, 0.1) is 0 Å². The third-order valence-electron chi connectivity index (χ3n) is 11.4. The van der Waals surface area contributed by atoms with E-state index in [2.05, 4.69) is 62.4 Å². The molecule has 0 aliphatic carbocycles. The largest absolute Gasteiger partial charge is 0.303 e. The number of nitrogens with one attached hydrogen (secondary N) is 1.